The Labute approximate surface area is 191 Å². The smallest absolute Gasteiger partial charge is 0.245 e. The van der Waals surface area contributed by atoms with E-state index in [1.54, 1.807) is 0 Å². The van der Waals surface area contributed by atoms with Gasteiger partial charge < -0.3 is 4.74 Å². The Morgan fingerprint density at radius 1 is 1.16 bits per heavy atom. The van der Waals surface area contributed by atoms with Gasteiger partial charge in [0.15, 0.2) is 16.1 Å². The number of halogens is 1. The van der Waals surface area contributed by atoms with Gasteiger partial charge in [-0.1, -0.05) is 30.2 Å². The molecule has 2 aliphatic heterocycles. The molecule has 1 aromatic carbocycles. The van der Waals surface area contributed by atoms with Gasteiger partial charge in [-0.3, -0.25) is 4.79 Å². The lowest BCUT2D eigenvalue weighted by Gasteiger charge is -2.35. The van der Waals surface area contributed by atoms with E-state index < -0.39 is 26.8 Å². The molecule has 3 heterocycles. The van der Waals surface area contributed by atoms with Crippen LogP contribution in [-0.4, -0.2) is 33.0 Å². The van der Waals surface area contributed by atoms with Crippen molar-refractivity contribution in [3.05, 3.63) is 46.3 Å². The highest BCUT2D eigenvalue weighted by atomic mass is 35.5. The number of hydrogen-bond acceptors (Lipinski definition) is 6. The molecule has 2 aliphatic rings. The quantitative estimate of drug-likeness (QED) is 0.595. The summed E-state index contributed by atoms with van der Waals surface area (Å²) in [6.07, 6.45) is 3.81. The maximum Gasteiger partial charge on any atom is 0.245 e. The molecule has 0 aliphatic carbocycles. The molecular formula is C22H26ClNO5S2. The number of carbonyl (C=O) groups excluding carboxylic acids is 1. The number of hydroxylamine groups is 1. The van der Waals surface area contributed by atoms with Gasteiger partial charge in [-0.15, -0.1) is 11.3 Å². The molecule has 1 N–H and O–H groups in total. The molecule has 0 radical (unpaired) electrons. The monoisotopic (exact) mass is 483 g/mol. The highest BCUT2D eigenvalue weighted by Gasteiger charge is 2.49. The van der Waals surface area contributed by atoms with Gasteiger partial charge in [0.25, 0.3) is 0 Å². The first-order chi connectivity index (χ1) is 14.9. The summed E-state index contributed by atoms with van der Waals surface area (Å²) in [5.41, 5.74) is 3.40. The molecule has 6 nitrogen and oxygen atoms in total. The number of thiophene rings is 1. The van der Waals surface area contributed by atoms with Crippen LogP contribution in [0.15, 0.2) is 36.4 Å². The largest absolute Gasteiger partial charge is 0.350 e. The van der Waals surface area contributed by atoms with Crippen molar-refractivity contribution in [2.75, 3.05) is 12.4 Å². The van der Waals surface area contributed by atoms with E-state index in [9.17, 15) is 13.2 Å². The lowest BCUT2D eigenvalue weighted by Crippen LogP contribution is -2.45. The van der Waals surface area contributed by atoms with E-state index in [-0.39, 0.29) is 12.2 Å². The second-order valence-electron chi connectivity index (χ2n) is 8.06. The predicted molar refractivity (Wildman–Crippen MR) is 122 cm³/mol. The summed E-state index contributed by atoms with van der Waals surface area (Å²) < 4.78 is 30.8. The highest BCUT2D eigenvalue weighted by Crippen LogP contribution is 2.47. The zero-order valence-corrected chi connectivity index (χ0v) is 19.5. The molecule has 2 saturated heterocycles. The standard InChI is InChI=1S/C22H26ClNO5S2/c23-17-8-6-16(7-9-17)18-10-11-19(30-18)22(12-2-4-14-31(22,26)27)15-20(25)24-29-21-5-1-3-13-28-21/h6-11,21H,1-5,12-15H2,(H,24,25). The summed E-state index contributed by atoms with van der Waals surface area (Å²) in [7, 11) is -3.51. The fraction of sp³-hybridized carbons (Fsp3) is 0.500. The Morgan fingerprint density at radius 3 is 2.68 bits per heavy atom. The van der Waals surface area contributed by atoms with Crippen molar-refractivity contribution in [1.29, 1.82) is 0 Å². The molecule has 168 valence electrons. The molecule has 2 fully saturated rings. The lowest BCUT2D eigenvalue weighted by molar-refractivity contribution is -0.200. The molecule has 1 amide bonds. The Kier molecular flexibility index (Phi) is 7.03. The van der Waals surface area contributed by atoms with Crippen molar-refractivity contribution >= 4 is 38.7 Å². The molecule has 9 heteroatoms. The average Bonchev–Trinajstić information content (AvgIpc) is 3.26. The number of ether oxygens (including phenoxy) is 1. The van der Waals surface area contributed by atoms with Gasteiger partial charge in [-0.25, -0.2) is 18.7 Å². The first-order valence-electron chi connectivity index (χ1n) is 10.5. The van der Waals surface area contributed by atoms with Crippen LogP contribution < -0.4 is 5.48 Å². The first kappa shape index (κ1) is 22.7. The summed E-state index contributed by atoms with van der Waals surface area (Å²) in [5.74, 6) is -0.359. The van der Waals surface area contributed by atoms with E-state index >= 15 is 0 Å². The molecule has 1 aromatic heterocycles. The fourth-order valence-electron chi connectivity index (χ4n) is 4.20. The number of nitrogens with one attached hydrogen (secondary N) is 1. The summed E-state index contributed by atoms with van der Waals surface area (Å²) in [5, 5.41) is 0.644. The van der Waals surface area contributed by atoms with E-state index in [2.05, 4.69) is 5.48 Å². The third kappa shape index (κ3) is 4.98. The van der Waals surface area contributed by atoms with E-state index in [1.165, 1.54) is 11.3 Å². The van der Waals surface area contributed by atoms with E-state index in [0.29, 0.717) is 35.8 Å². The predicted octanol–water partition coefficient (Wildman–Crippen LogP) is 4.83. The van der Waals surface area contributed by atoms with Crippen LogP contribution in [0.5, 0.6) is 0 Å². The lowest BCUT2D eigenvalue weighted by atomic mass is 9.94. The van der Waals surface area contributed by atoms with Gasteiger partial charge >= 0.3 is 0 Å². The van der Waals surface area contributed by atoms with Crippen molar-refractivity contribution < 1.29 is 22.8 Å². The maximum atomic E-state index is 13.3. The molecular weight excluding hydrogens is 458 g/mol. The topological polar surface area (TPSA) is 81.7 Å². The van der Waals surface area contributed by atoms with Gasteiger partial charge in [-0.2, -0.15) is 0 Å². The molecule has 31 heavy (non-hydrogen) atoms. The molecule has 2 atom stereocenters. The van der Waals surface area contributed by atoms with Crippen LogP contribution in [-0.2, 0) is 29.0 Å². The number of rotatable bonds is 6. The van der Waals surface area contributed by atoms with Crippen molar-refractivity contribution in [3.63, 3.8) is 0 Å². The number of amides is 1. The number of hydrogen-bond donors (Lipinski definition) is 1. The minimum Gasteiger partial charge on any atom is -0.350 e. The number of carbonyl (C=O) groups is 1. The van der Waals surface area contributed by atoms with Crippen LogP contribution in [0, 0.1) is 0 Å². The minimum atomic E-state index is -3.51. The third-order valence-electron chi connectivity index (χ3n) is 5.91. The van der Waals surface area contributed by atoms with Crippen LogP contribution in [0.2, 0.25) is 5.02 Å². The Balaban J connectivity index is 1.57. The van der Waals surface area contributed by atoms with Crippen molar-refractivity contribution in [1.82, 2.24) is 5.48 Å². The molecule has 0 spiro atoms. The van der Waals surface area contributed by atoms with Gasteiger partial charge in [0, 0.05) is 27.8 Å². The van der Waals surface area contributed by atoms with Crippen LogP contribution >= 0.6 is 22.9 Å². The van der Waals surface area contributed by atoms with Crippen molar-refractivity contribution in [3.8, 4) is 10.4 Å². The third-order valence-corrected chi connectivity index (χ3v) is 10.2. The second-order valence-corrected chi connectivity index (χ2v) is 12.0. The normalized spacial score (nSPS) is 25.8. The Bertz CT molecular complexity index is 1010. The molecule has 2 unspecified atom stereocenters. The van der Waals surface area contributed by atoms with Crippen molar-refractivity contribution in [2.45, 2.75) is 56.0 Å². The molecule has 0 bridgehead atoms. The fourth-order valence-corrected chi connectivity index (χ4v) is 8.11. The summed E-state index contributed by atoms with van der Waals surface area (Å²) in [4.78, 5) is 19.8. The minimum absolute atomic E-state index is 0.0844. The van der Waals surface area contributed by atoms with Gasteiger partial charge in [0.2, 0.25) is 5.91 Å². The summed E-state index contributed by atoms with van der Waals surface area (Å²) in [6.45, 7) is 0.599. The first-order valence-corrected chi connectivity index (χ1v) is 13.4. The molecule has 4 rings (SSSR count). The average molecular weight is 484 g/mol. The van der Waals surface area contributed by atoms with E-state index in [1.807, 2.05) is 36.4 Å². The van der Waals surface area contributed by atoms with E-state index in [4.69, 9.17) is 21.2 Å². The number of benzene rings is 1. The van der Waals surface area contributed by atoms with Gasteiger partial charge in [0.05, 0.1) is 12.2 Å². The Morgan fingerprint density at radius 2 is 1.97 bits per heavy atom. The highest BCUT2D eigenvalue weighted by molar-refractivity contribution is 7.92. The zero-order valence-electron chi connectivity index (χ0n) is 17.1. The number of sulfone groups is 1. The van der Waals surface area contributed by atoms with Crippen LogP contribution in [0.4, 0.5) is 0 Å². The van der Waals surface area contributed by atoms with Gasteiger partial charge in [-0.05, 0) is 55.5 Å². The SMILES string of the molecule is O=C(CC1(c2ccc(-c3ccc(Cl)cc3)s2)CCCCS1(=O)=O)NOC1CCCCO1. The van der Waals surface area contributed by atoms with Gasteiger partial charge in [0.1, 0.15) is 4.75 Å². The molecule has 2 aromatic rings. The van der Waals surface area contributed by atoms with Crippen LogP contribution in [0.25, 0.3) is 10.4 Å². The maximum absolute atomic E-state index is 13.3. The van der Waals surface area contributed by atoms with E-state index in [0.717, 1.165) is 29.7 Å². The van der Waals surface area contributed by atoms with Crippen LogP contribution in [0.3, 0.4) is 0 Å². The Hall–Kier alpha value is -1.45. The molecule has 0 saturated carbocycles. The zero-order chi connectivity index (χ0) is 21.9. The van der Waals surface area contributed by atoms with Crippen LogP contribution in [0.1, 0.15) is 49.8 Å². The summed E-state index contributed by atoms with van der Waals surface area (Å²) in [6, 6.07) is 11.2. The van der Waals surface area contributed by atoms with Crippen molar-refractivity contribution in [2.24, 2.45) is 0 Å². The second kappa shape index (κ2) is 9.58. The summed E-state index contributed by atoms with van der Waals surface area (Å²) >= 11 is 7.41.